The molecular weight excluding hydrogens is 452 g/mol. The average Bonchev–Trinajstić information content (AvgIpc) is 2.91. The Kier molecular flexibility index (Phi) is 6.55. The van der Waals surface area contributed by atoms with Gasteiger partial charge in [-0.1, -0.05) is 18.2 Å². The largest absolute Gasteiger partial charge is 0.497 e. The number of quaternary nitrogens is 1. The molecule has 6 rings (SSSR count). The lowest BCUT2D eigenvalue weighted by molar-refractivity contribution is -1.06. The Bertz CT molecular complexity index is 1100. The summed E-state index contributed by atoms with van der Waals surface area (Å²) >= 11 is 0. The van der Waals surface area contributed by atoms with Gasteiger partial charge in [0.25, 0.3) is 5.91 Å². The van der Waals surface area contributed by atoms with E-state index in [0.29, 0.717) is 29.4 Å². The van der Waals surface area contributed by atoms with Crippen LogP contribution in [-0.4, -0.2) is 84.7 Å². The topological polar surface area (TPSA) is 61.9 Å². The first kappa shape index (κ1) is 24.8. The molecule has 2 bridgehead atoms. The van der Waals surface area contributed by atoms with Crippen molar-refractivity contribution in [3.05, 3.63) is 60.2 Å². The van der Waals surface area contributed by atoms with E-state index in [2.05, 4.69) is 26.1 Å². The molecule has 3 atom stereocenters. The molecule has 4 saturated heterocycles. The van der Waals surface area contributed by atoms with E-state index in [0.717, 1.165) is 38.2 Å². The summed E-state index contributed by atoms with van der Waals surface area (Å²) in [6.07, 6.45) is 2.04. The summed E-state index contributed by atoms with van der Waals surface area (Å²) in [7, 11) is 1.60. The number of para-hydroxylation sites is 1. The number of piperidine rings is 1. The van der Waals surface area contributed by atoms with Gasteiger partial charge in [-0.2, -0.15) is 0 Å². The van der Waals surface area contributed by atoms with Crippen molar-refractivity contribution in [1.29, 1.82) is 0 Å². The maximum atomic E-state index is 13.5. The summed E-state index contributed by atoms with van der Waals surface area (Å²) in [6, 6.07) is 18.3. The molecule has 2 amide bonds. The van der Waals surface area contributed by atoms with Crippen LogP contribution in [0.5, 0.6) is 5.75 Å². The van der Waals surface area contributed by atoms with Crippen molar-refractivity contribution in [3.8, 4) is 5.75 Å². The van der Waals surface area contributed by atoms with Crippen LogP contribution in [-0.2, 0) is 4.79 Å². The molecule has 0 spiro atoms. The van der Waals surface area contributed by atoms with Gasteiger partial charge >= 0.3 is 0 Å². The molecule has 0 aliphatic carbocycles. The molecule has 7 nitrogen and oxygen atoms in total. The number of carbonyl (C=O) groups excluding carboxylic acids is 2. The Labute approximate surface area is 214 Å². The second-order valence-electron chi connectivity index (χ2n) is 11.1. The minimum atomic E-state index is -0.187. The first-order chi connectivity index (χ1) is 17.3. The zero-order valence-electron chi connectivity index (χ0n) is 21.9. The summed E-state index contributed by atoms with van der Waals surface area (Å²) < 4.78 is 6.41. The van der Waals surface area contributed by atoms with Gasteiger partial charge in [0.05, 0.1) is 19.2 Å². The number of hydrogen-bond donors (Lipinski definition) is 1. The Morgan fingerprint density at radius 2 is 1.75 bits per heavy atom. The van der Waals surface area contributed by atoms with E-state index in [1.165, 1.54) is 11.0 Å². The third kappa shape index (κ3) is 3.98. The number of piperazine rings is 2. The lowest BCUT2D eigenvalue weighted by atomic mass is 9.70. The van der Waals surface area contributed by atoms with Gasteiger partial charge in [0.1, 0.15) is 30.4 Å². The zero-order chi connectivity index (χ0) is 25.5. The van der Waals surface area contributed by atoms with Crippen molar-refractivity contribution in [3.63, 3.8) is 0 Å². The van der Waals surface area contributed by atoms with Crippen LogP contribution in [0.1, 0.15) is 44.0 Å². The van der Waals surface area contributed by atoms with Gasteiger partial charge in [0.15, 0.2) is 0 Å². The Morgan fingerprint density at radius 1 is 1.08 bits per heavy atom. The van der Waals surface area contributed by atoms with Crippen LogP contribution in [0.3, 0.4) is 0 Å². The van der Waals surface area contributed by atoms with E-state index in [-0.39, 0.29) is 23.9 Å². The maximum Gasteiger partial charge on any atom is 0.258 e. The van der Waals surface area contributed by atoms with Crippen LogP contribution in [0.25, 0.3) is 0 Å². The lowest BCUT2D eigenvalue weighted by Gasteiger charge is -2.72. The van der Waals surface area contributed by atoms with Gasteiger partial charge < -0.3 is 14.1 Å². The average molecular weight is 492 g/mol. The monoisotopic (exact) mass is 491 g/mol. The van der Waals surface area contributed by atoms with Gasteiger partial charge in [-0.3, -0.25) is 19.8 Å². The zero-order valence-corrected chi connectivity index (χ0v) is 21.9. The van der Waals surface area contributed by atoms with Crippen LogP contribution >= 0.6 is 0 Å². The molecular formula is C29H39N4O3+. The van der Waals surface area contributed by atoms with Crippen LogP contribution in [0.4, 0.5) is 5.69 Å². The lowest BCUT2D eigenvalue weighted by Crippen LogP contribution is -2.92. The molecule has 0 aromatic heterocycles. The molecule has 1 N–H and O–H groups in total. The highest BCUT2D eigenvalue weighted by molar-refractivity contribution is 6.08. The molecule has 4 aliphatic rings. The Hall–Kier alpha value is -2.90. The normalized spacial score (nSPS) is 27.2. The van der Waals surface area contributed by atoms with Crippen LogP contribution in [0.15, 0.2) is 54.6 Å². The van der Waals surface area contributed by atoms with Crippen molar-refractivity contribution >= 4 is 17.5 Å². The quantitative estimate of drug-likeness (QED) is 0.630. The van der Waals surface area contributed by atoms with Crippen molar-refractivity contribution in [2.24, 2.45) is 0 Å². The number of ether oxygens (including phenoxy) is 1. The number of nitrogens with zero attached hydrogens (tertiary/aromatic N) is 3. The number of hydrogen-bond acceptors (Lipinski definition) is 4. The first-order valence-electron chi connectivity index (χ1n) is 13.2. The summed E-state index contributed by atoms with van der Waals surface area (Å²) in [5, 5.41) is 3.72. The van der Waals surface area contributed by atoms with Crippen LogP contribution in [0, 0.1) is 0 Å². The highest BCUT2D eigenvalue weighted by Crippen LogP contribution is 2.49. The van der Waals surface area contributed by atoms with Crippen molar-refractivity contribution in [2.75, 3.05) is 44.7 Å². The number of fused-ring (bicyclic) bond motifs is 2. The number of methoxy groups -OCH3 is 1. The molecule has 4 aliphatic heterocycles. The highest BCUT2D eigenvalue weighted by atomic mass is 16.5. The third-order valence-electron chi connectivity index (χ3n) is 9.27. The molecule has 7 heteroatoms. The standard InChI is InChI=1S/C29H39N4O3/c1-21-18-30-26-20-33(21,29(26,2)3)24-14-16-31(17-15-24)27(34)19-32(23-8-6-5-7-9-23)28(35)22-10-12-25(36-4)13-11-22/h5-13,21,24,26,30H,14-20H2,1-4H3/q+1. The first-order valence-corrected chi connectivity index (χ1v) is 13.2. The molecule has 2 aromatic rings. The number of nitrogens with one attached hydrogen (secondary N) is 1. The molecule has 4 fully saturated rings. The molecule has 2 aromatic carbocycles. The van der Waals surface area contributed by atoms with E-state index in [4.69, 9.17) is 4.74 Å². The van der Waals surface area contributed by atoms with Gasteiger partial charge in [-0.25, -0.2) is 0 Å². The van der Waals surface area contributed by atoms with Crippen molar-refractivity contribution < 1.29 is 18.8 Å². The highest BCUT2D eigenvalue weighted by Gasteiger charge is 2.68. The smallest absolute Gasteiger partial charge is 0.258 e. The fourth-order valence-electron chi connectivity index (χ4n) is 7.04. The van der Waals surface area contributed by atoms with E-state index < -0.39 is 0 Å². The minimum absolute atomic E-state index is 0.00766. The minimum Gasteiger partial charge on any atom is -0.497 e. The maximum absolute atomic E-state index is 13.5. The molecule has 3 unspecified atom stereocenters. The molecule has 192 valence electrons. The number of benzene rings is 2. The molecule has 0 saturated carbocycles. The predicted molar refractivity (Wildman–Crippen MR) is 141 cm³/mol. The second kappa shape index (κ2) is 9.52. The van der Waals surface area contributed by atoms with Crippen LogP contribution in [0.2, 0.25) is 0 Å². The summed E-state index contributed by atoms with van der Waals surface area (Å²) in [6.45, 7) is 11.0. The number of carbonyl (C=O) groups is 2. The fourth-order valence-corrected chi connectivity index (χ4v) is 7.04. The third-order valence-corrected chi connectivity index (χ3v) is 9.27. The van der Waals surface area contributed by atoms with Crippen molar-refractivity contribution in [2.45, 2.75) is 57.3 Å². The van der Waals surface area contributed by atoms with Gasteiger partial charge in [0, 0.05) is 43.7 Å². The van der Waals surface area contributed by atoms with E-state index in [9.17, 15) is 9.59 Å². The van der Waals surface area contributed by atoms with E-state index in [1.807, 2.05) is 35.2 Å². The Balaban J connectivity index is 1.28. The Morgan fingerprint density at radius 3 is 2.33 bits per heavy atom. The van der Waals surface area contributed by atoms with Gasteiger partial charge in [-0.15, -0.1) is 0 Å². The number of anilines is 1. The summed E-state index contributed by atoms with van der Waals surface area (Å²) in [5.41, 5.74) is 1.50. The second-order valence-corrected chi connectivity index (χ2v) is 11.1. The number of amides is 2. The van der Waals surface area contributed by atoms with Crippen LogP contribution < -0.4 is 15.0 Å². The number of rotatable bonds is 6. The molecule has 0 radical (unpaired) electrons. The van der Waals surface area contributed by atoms with E-state index >= 15 is 0 Å². The van der Waals surface area contributed by atoms with E-state index in [1.54, 1.807) is 36.3 Å². The molecule has 36 heavy (non-hydrogen) atoms. The van der Waals surface area contributed by atoms with Gasteiger partial charge in [-0.05, 0) is 57.2 Å². The summed E-state index contributed by atoms with van der Waals surface area (Å²) in [5.74, 6) is 0.514. The van der Waals surface area contributed by atoms with Crippen molar-refractivity contribution in [1.82, 2.24) is 10.2 Å². The number of likely N-dealkylation sites (tertiary alicyclic amines) is 1. The SMILES string of the molecule is COc1ccc(C(=O)N(CC(=O)N2CCC([N+]34CC(NCC3C)C4(C)C)CC2)c2ccccc2)cc1. The fraction of sp³-hybridized carbons (Fsp3) is 0.517. The molecule has 4 heterocycles. The van der Waals surface area contributed by atoms with Gasteiger partial charge in [0.2, 0.25) is 5.91 Å². The predicted octanol–water partition coefficient (Wildman–Crippen LogP) is 3.30. The summed E-state index contributed by atoms with van der Waals surface area (Å²) in [4.78, 5) is 30.5.